The van der Waals surface area contributed by atoms with Crippen LogP contribution in [0.5, 0.6) is 34.5 Å². The number of aromatic hydroxyl groups is 5. The topological polar surface area (TPSA) is 197 Å². The molecule has 4 rings (SSSR count). The molecular weight excluding hydrogens is 440 g/mol. The minimum absolute atomic E-state index is 0.0600. The van der Waals surface area contributed by atoms with Crippen LogP contribution in [0.25, 0.3) is 0 Å². The van der Waals surface area contributed by atoms with Crippen molar-refractivity contribution in [1.82, 2.24) is 0 Å². The van der Waals surface area contributed by atoms with Gasteiger partial charge in [0.1, 0.15) is 41.3 Å². The number of benzene rings is 2. The smallest absolute Gasteiger partial charge is 0.338 e. The van der Waals surface area contributed by atoms with E-state index in [1.54, 1.807) is 0 Å². The molecule has 8 N–H and O–H groups in total. The Morgan fingerprint density at radius 3 is 2.24 bits per heavy atom. The number of phenols is 5. The average Bonchev–Trinajstić information content (AvgIpc) is 2.75. The molecule has 4 atom stereocenters. The summed E-state index contributed by atoms with van der Waals surface area (Å²) >= 11 is 0. The summed E-state index contributed by atoms with van der Waals surface area (Å²) < 4.78 is 11.3. The quantitative estimate of drug-likeness (QED) is 0.239. The summed E-state index contributed by atoms with van der Waals surface area (Å²) in [6.07, 6.45) is -3.66. The Labute approximate surface area is 185 Å². The normalized spacial score (nSPS) is 24.2. The summed E-state index contributed by atoms with van der Waals surface area (Å²) in [6, 6.07) is 4.46. The molecule has 2 aromatic carbocycles. The average molecular weight is 460 g/mol. The van der Waals surface area contributed by atoms with E-state index < -0.39 is 53.4 Å². The Bertz CT molecular complexity index is 1160. The van der Waals surface area contributed by atoms with Crippen LogP contribution in [0, 0.1) is 0 Å². The third kappa shape index (κ3) is 4.06. The van der Waals surface area contributed by atoms with Crippen LogP contribution in [-0.4, -0.2) is 65.1 Å². The molecule has 0 spiro atoms. The third-order valence-corrected chi connectivity index (χ3v) is 5.36. The van der Waals surface area contributed by atoms with Crippen molar-refractivity contribution in [2.75, 3.05) is 0 Å². The summed E-state index contributed by atoms with van der Waals surface area (Å²) in [7, 11) is 0. The standard InChI is InChI=1S/C22H20O11/c23-10-5-12(24)11-7-18(33-22(31)9-3-15(27)20(30)16(28)4-9)21(32-17(11)6-10)8-1-13(25)19(29)14(26)2-8/h1-6,15,18,20-21,23-30H,7H2/t15?,18-,20?,21+/m1/s1. The van der Waals surface area contributed by atoms with Gasteiger partial charge in [0.05, 0.1) is 5.57 Å². The Hall–Kier alpha value is -4.09. The molecule has 2 unspecified atom stereocenters. The van der Waals surface area contributed by atoms with E-state index in [4.69, 9.17) is 9.47 Å². The number of carbonyl (C=O) groups is 1. The molecule has 1 aliphatic carbocycles. The molecule has 33 heavy (non-hydrogen) atoms. The Balaban J connectivity index is 1.72. The number of phenolic OH excluding ortho intramolecular Hbond substituents is 5. The minimum Gasteiger partial charge on any atom is -0.509 e. The largest absolute Gasteiger partial charge is 0.509 e. The fourth-order valence-electron chi connectivity index (χ4n) is 3.70. The van der Waals surface area contributed by atoms with Gasteiger partial charge in [-0.05, 0) is 24.3 Å². The van der Waals surface area contributed by atoms with Gasteiger partial charge < -0.3 is 50.3 Å². The lowest BCUT2D eigenvalue weighted by Crippen LogP contribution is -2.36. The lowest BCUT2D eigenvalue weighted by molar-refractivity contribution is -0.150. The molecule has 0 bridgehead atoms. The Morgan fingerprint density at radius 2 is 1.61 bits per heavy atom. The van der Waals surface area contributed by atoms with Crippen LogP contribution in [0.4, 0.5) is 0 Å². The van der Waals surface area contributed by atoms with Crippen molar-refractivity contribution in [2.45, 2.75) is 30.8 Å². The fraction of sp³-hybridized carbons (Fsp3) is 0.227. The molecular formula is C22H20O11. The second-order valence-corrected chi connectivity index (χ2v) is 7.66. The van der Waals surface area contributed by atoms with Crippen molar-refractivity contribution < 1.29 is 55.1 Å². The van der Waals surface area contributed by atoms with Crippen LogP contribution < -0.4 is 4.74 Å². The lowest BCUT2D eigenvalue weighted by Gasteiger charge is -2.34. The summed E-state index contributed by atoms with van der Waals surface area (Å²) in [4.78, 5) is 12.7. The maximum atomic E-state index is 12.7. The zero-order valence-electron chi connectivity index (χ0n) is 16.8. The molecule has 2 aliphatic rings. The van der Waals surface area contributed by atoms with Gasteiger partial charge in [-0.3, -0.25) is 0 Å². The first-order valence-corrected chi connectivity index (χ1v) is 9.71. The van der Waals surface area contributed by atoms with Crippen LogP contribution in [0.15, 0.2) is 47.7 Å². The summed E-state index contributed by atoms with van der Waals surface area (Å²) in [6.45, 7) is 0. The molecule has 0 amide bonds. The molecule has 11 heteroatoms. The van der Waals surface area contributed by atoms with Crippen LogP contribution in [0.3, 0.4) is 0 Å². The molecule has 0 aromatic heterocycles. The number of fused-ring (bicyclic) bond motifs is 1. The van der Waals surface area contributed by atoms with Crippen molar-refractivity contribution in [1.29, 1.82) is 0 Å². The zero-order chi connectivity index (χ0) is 24.0. The first-order valence-electron chi connectivity index (χ1n) is 9.71. The number of aliphatic hydroxyl groups excluding tert-OH is 3. The van der Waals surface area contributed by atoms with E-state index in [0.29, 0.717) is 0 Å². The third-order valence-electron chi connectivity index (χ3n) is 5.36. The first kappa shape index (κ1) is 22.1. The van der Waals surface area contributed by atoms with Crippen LogP contribution in [0.2, 0.25) is 0 Å². The fourth-order valence-corrected chi connectivity index (χ4v) is 3.70. The van der Waals surface area contributed by atoms with Gasteiger partial charge in [-0.2, -0.15) is 0 Å². The van der Waals surface area contributed by atoms with E-state index >= 15 is 0 Å². The monoisotopic (exact) mass is 460 g/mol. The highest BCUT2D eigenvalue weighted by molar-refractivity contribution is 5.92. The number of carbonyl (C=O) groups excluding carboxylic acids is 1. The van der Waals surface area contributed by atoms with E-state index in [1.165, 1.54) is 6.07 Å². The Morgan fingerprint density at radius 1 is 0.939 bits per heavy atom. The molecule has 1 aliphatic heterocycles. The summed E-state index contributed by atoms with van der Waals surface area (Å²) in [5.74, 6) is -4.29. The van der Waals surface area contributed by atoms with E-state index in [1.807, 2.05) is 0 Å². The molecule has 0 saturated carbocycles. The number of ether oxygens (including phenoxy) is 2. The predicted molar refractivity (Wildman–Crippen MR) is 109 cm³/mol. The first-order chi connectivity index (χ1) is 15.5. The van der Waals surface area contributed by atoms with Crippen LogP contribution >= 0.6 is 0 Å². The zero-order valence-corrected chi connectivity index (χ0v) is 16.8. The SMILES string of the molecule is O=C(O[C@@H]1Cc2c(O)cc(O)cc2O[C@H]1c1cc(O)c(O)c(O)c1)C1=CC(O)C(O)C(O)=C1. The van der Waals surface area contributed by atoms with Gasteiger partial charge in [0.25, 0.3) is 0 Å². The predicted octanol–water partition coefficient (Wildman–Crippen LogP) is 0.906. The van der Waals surface area contributed by atoms with Gasteiger partial charge in [-0.25, -0.2) is 4.79 Å². The van der Waals surface area contributed by atoms with Crippen molar-refractivity contribution in [3.05, 3.63) is 58.9 Å². The van der Waals surface area contributed by atoms with Gasteiger partial charge in [-0.15, -0.1) is 0 Å². The van der Waals surface area contributed by atoms with Crippen molar-refractivity contribution in [2.24, 2.45) is 0 Å². The number of aliphatic hydroxyl groups is 3. The maximum Gasteiger partial charge on any atom is 0.338 e. The number of hydrogen-bond acceptors (Lipinski definition) is 11. The van der Waals surface area contributed by atoms with Crippen LogP contribution in [-0.2, 0) is 16.0 Å². The van der Waals surface area contributed by atoms with E-state index in [0.717, 1.165) is 30.4 Å². The van der Waals surface area contributed by atoms with Gasteiger partial charge >= 0.3 is 5.97 Å². The summed E-state index contributed by atoms with van der Waals surface area (Å²) in [5, 5.41) is 78.5. The molecule has 174 valence electrons. The number of rotatable bonds is 3. The van der Waals surface area contributed by atoms with E-state index in [2.05, 4.69) is 0 Å². The van der Waals surface area contributed by atoms with Crippen molar-refractivity contribution >= 4 is 5.97 Å². The molecule has 0 saturated heterocycles. The summed E-state index contributed by atoms with van der Waals surface area (Å²) in [5.41, 5.74) is 0.0577. The van der Waals surface area contributed by atoms with Crippen molar-refractivity contribution in [3.8, 4) is 34.5 Å². The number of hydrogen-bond donors (Lipinski definition) is 8. The molecule has 0 fully saturated rings. The maximum absolute atomic E-state index is 12.7. The highest BCUT2D eigenvalue weighted by atomic mass is 16.6. The second kappa shape index (κ2) is 8.11. The van der Waals surface area contributed by atoms with E-state index in [9.17, 15) is 45.6 Å². The second-order valence-electron chi connectivity index (χ2n) is 7.66. The Kier molecular flexibility index (Phi) is 5.44. The van der Waals surface area contributed by atoms with Crippen molar-refractivity contribution in [3.63, 3.8) is 0 Å². The highest BCUT2D eigenvalue weighted by Gasteiger charge is 2.38. The van der Waals surface area contributed by atoms with Gasteiger partial charge in [0, 0.05) is 29.7 Å². The van der Waals surface area contributed by atoms with Gasteiger partial charge in [0.15, 0.2) is 23.4 Å². The molecule has 1 heterocycles. The molecule has 2 aromatic rings. The highest BCUT2D eigenvalue weighted by Crippen LogP contribution is 2.45. The minimum atomic E-state index is -1.59. The van der Waals surface area contributed by atoms with Crippen LogP contribution in [0.1, 0.15) is 17.2 Å². The lowest BCUT2D eigenvalue weighted by atomic mass is 9.93. The molecule has 0 radical (unpaired) electrons. The van der Waals surface area contributed by atoms with Gasteiger partial charge in [-0.1, -0.05) is 0 Å². The van der Waals surface area contributed by atoms with E-state index in [-0.39, 0.29) is 40.4 Å². The van der Waals surface area contributed by atoms with Gasteiger partial charge in [0.2, 0.25) is 0 Å². The molecule has 11 nitrogen and oxygen atoms in total. The number of esters is 1.